The number of hydrogen-bond donors (Lipinski definition) is 1. The Morgan fingerprint density at radius 3 is 2.39 bits per heavy atom. The smallest absolute Gasteiger partial charge is 0.233 e. The molecule has 0 unspecified atom stereocenters. The number of nitrogens with zero attached hydrogens (tertiary/aromatic N) is 2. The van der Waals surface area contributed by atoms with Crippen LogP contribution in [0.5, 0.6) is 0 Å². The lowest BCUT2D eigenvalue weighted by Gasteiger charge is -2.27. The summed E-state index contributed by atoms with van der Waals surface area (Å²) >= 11 is 1.72. The third kappa shape index (κ3) is 4.01. The van der Waals surface area contributed by atoms with Gasteiger partial charge in [0.15, 0.2) is 0 Å². The van der Waals surface area contributed by atoms with E-state index in [1.54, 1.807) is 11.3 Å². The van der Waals surface area contributed by atoms with Crippen LogP contribution in [-0.4, -0.2) is 53.7 Å². The Morgan fingerprint density at radius 2 is 1.79 bits per heavy atom. The molecule has 7 heteroatoms. The Hall–Kier alpha value is -1.73. The van der Waals surface area contributed by atoms with Gasteiger partial charge in [-0.25, -0.2) is 0 Å². The molecule has 0 bridgehead atoms. The van der Waals surface area contributed by atoms with Crippen molar-refractivity contribution in [1.82, 2.24) is 15.1 Å². The average molecular weight is 404 g/mol. The van der Waals surface area contributed by atoms with Crippen LogP contribution in [0.15, 0.2) is 17.5 Å². The highest BCUT2D eigenvalue weighted by molar-refractivity contribution is 7.10. The van der Waals surface area contributed by atoms with Gasteiger partial charge in [-0.1, -0.05) is 18.9 Å². The molecule has 2 aliphatic heterocycles. The fourth-order valence-electron chi connectivity index (χ4n) is 4.91. The van der Waals surface area contributed by atoms with Crippen LogP contribution in [0.4, 0.5) is 0 Å². The molecule has 4 rings (SSSR count). The molecule has 3 atom stereocenters. The summed E-state index contributed by atoms with van der Waals surface area (Å²) in [4.78, 5) is 42.5. The van der Waals surface area contributed by atoms with Gasteiger partial charge < -0.3 is 5.32 Å². The molecule has 6 nitrogen and oxygen atoms in total. The molecule has 2 saturated heterocycles. The van der Waals surface area contributed by atoms with E-state index in [1.165, 1.54) is 22.6 Å². The third-order valence-electron chi connectivity index (χ3n) is 6.44. The van der Waals surface area contributed by atoms with Gasteiger partial charge in [-0.05, 0) is 50.2 Å². The number of amides is 3. The van der Waals surface area contributed by atoms with Crippen molar-refractivity contribution in [3.05, 3.63) is 22.4 Å². The lowest BCUT2D eigenvalue weighted by atomic mass is 9.81. The van der Waals surface area contributed by atoms with Crippen molar-refractivity contribution in [3.63, 3.8) is 0 Å². The molecule has 3 fully saturated rings. The molecule has 3 heterocycles. The SMILES string of the molecule is O=C(CCN1C(=O)[C@H]2CCCC[C@@H]2C1=O)NC[C@@H](c1cccs1)N1CCCC1. The van der Waals surface area contributed by atoms with Crippen LogP contribution >= 0.6 is 11.3 Å². The largest absolute Gasteiger partial charge is 0.354 e. The Bertz CT molecular complexity index is 690. The van der Waals surface area contributed by atoms with E-state index < -0.39 is 0 Å². The lowest BCUT2D eigenvalue weighted by Crippen LogP contribution is -2.39. The van der Waals surface area contributed by atoms with E-state index in [1.807, 2.05) is 0 Å². The summed E-state index contributed by atoms with van der Waals surface area (Å²) in [5, 5.41) is 5.11. The first kappa shape index (κ1) is 19.6. The highest BCUT2D eigenvalue weighted by Gasteiger charge is 2.47. The summed E-state index contributed by atoms with van der Waals surface area (Å²) in [6.07, 6.45) is 6.28. The number of fused-ring (bicyclic) bond motifs is 1. The van der Waals surface area contributed by atoms with E-state index in [9.17, 15) is 14.4 Å². The molecule has 0 aromatic carbocycles. The van der Waals surface area contributed by atoms with Crippen LogP contribution in [0.2, 0.25) is 0 Å². The fourth-order valence-corrected chi connectivity index (χ4v) is 5.77. The van der Waals surface area contributed by atoms with Crippen LogP contribution in [0.25, 0.3) is 0 Å². The van der Waals surface area contributed by atoms with Crippen molar-refractivity contribution in [2.24, 2.45) is 11.8 Å². The maximum atomic E-state index is 12.5. The first-order valence-electron chi connectivity index (χ1n) is 10.5. The second kappa shape index (κ2) is 8.74. The van der Waals surface area contributed by atoms with Crippen LogP contribution in [-0.2, 0) is 14.4 Å². The molecule has 1 aliphatic carbocycles. The molecule has 0 radical (unpaired) electrons. The van der Waals surface area contributed by atoms with Crippen LogP contribution < -0.4 is 5.32 Å². The van der Waals surface area contributed by atoms with Crippen molar-refractivity contribution in [3.8, 4) is 0 Å². The van der Waals surface area contributed by atoms with E-state index in [0.29, 0.717) is 6.54 Å². The number of nitrogens with one attached hydrogen (secondary N) is 1. The van der Waals surface area contributed by atoms with Crippen LogP contribution in [0, 0.1) is 11.8 Å². The molecule has 1 aromatic heterocycles. The lowest BCUT2D eigenvalue weighted by molar-refractivity contribution is -0.140. The molecule has 3 amide bonds. The zero-order chi connectivity index (χ0) is 19.5. The van der Waals surface area contributed by atoms with E-state index in [4.69, 9.17) is 0 Å². The van der Waals surface area contributed by atoms with Gasteiger partial charge in [0.2, 0.25) is 17.7 Å². The topological polar surface area (TPSA) is 69.7 Å². The fraction of sp³-hybridized carbons (Fsp3) is 0.667. The molecule has 28 heavy (non-hydrogen) atoms. The monoisotopic (exact) mass is 403 g/mol. The van der Waals surface area contributed by atoms with E-state index in [2.05, 4.69) is 27.7 Å². The zero-order valence-corrected chi connectivity index (χ0v) is 17.1. The number of carbonyl (C=O) groups excluding carboxylic acids is 3. The predicted octanol–water partition coefficient (Wildman–Crippen LogP) is 2.57. The summed E-state index contributed by atoms with van der Waals surface area (Å²) in [6.45, 7) is 2.92. The summed E-state index contributed by atoms with van der Waals surface area (Å²) in [5.41, 5.74) is 0. The number of rotatable bonds is 7. The average Bonchev–Trinajstić information content (AvgIpc) is 3.45. The Balaban J connectivity index is 1.29. The molecule has 1 saturated carbocycles. The van der Waals surface area contributed by atoms with Crippen LogP contribution in [0.1, 0.15) is 55.9 Å². The van der Waals surface area contributed by atoms with Crippen molar-refractivity contribution in [1.29, 1.82) is 0 Å². The quantitative estimate of drug-likeness (QED) is 0.711. The number of likely N-dealkylation sites (tertiary alicyclic amines) is 2. The molecule has 1 N–H and O–H groups in total. The summed E-state index contributed by atoms with van der Waals surface area (Å²) in [5.74, 6) is -0.478. The maximum Gasteiger partial charge on any atom is 0.233 e. The second-order valence-electron chi connectivity index (χ2n) is 8.15. The molecular weight excluding hydrogens is 374 g/mol. The first-order valence-corrected chi connectivity index (χ1v) is 11.4. The van der Waals surface area contributed by atoms with E-state index in [0.717, 1.165) is 38.8 Å². The molecule has 3 aliphatic rings. The Morgan fingerprint density at radius 1 is 1.11 bits per heavy atom. The number of imide groups is 1. The van der Waals surface area contributed by atoms with Crippen molar-refractivity contribution >= 4 is 29.1 Å². The number of carbonyl (C=O) groups is 3. The molecule has 0 spiro atoms. The summed E-state index contributed by atoms with van der Waals surface area (Å²) < 4.78 is 0. The standard InChI is InChI=1S/C21H29N3O3S/c25-19(9-12-24-20(26)15-6-1-2-7-16(15)21(24)27)22-14-17(18-8-5-13-28-18)23-10-3-4-11-23/h5,8,13,15-17H,1-4,6-7,9-12,14H2,(H,22,25)/t15-,16-,17-/m0/s1. The van der Waals surface area contributed by atoms with Gasteiger partial charge in [-0.15, -0.1) is 11.3 Å². The summed E-state index contributed by atoms with van der Waals surface area (Å²) in [7, 11) is 0. The highest BCUT2D eigenvalue weighted by Crippen LogP contribution is 2.38. The van der Waals surface area contributed by atoms with Gasteiger partial charge in [0.25, 0.3) is 0 Å². The molecule has 1 aromatic rings. The van der Waals surface area contributed by atoms with Gasteiger partial charge in [0, 0.05) is 24.4 Å². The highest BCUT2D eigenvalue weighted by atomic mass is 32.1. The Kier molecular flexibility index (Phi) is 6.11. The Labute approximate surface area is 170 Å². The van der Waals surface area contributed by atoms with Gasteiger partial charge in [0.05, 0.1) is 17.9 Å². The van der Waals surface area contributed by atoms with Crippen LogP contribution in [0.3, 0.4) is 0 Å². The van der Waals surface area contributed by atoms with Gasteiger partial charge in [-0.2, -0.15) is 0 Å². The van der Waals surface area contributed by atoms with E-state index in [-0.39, 0.29) is 48.6 Å². The van der Waals surface area contributed by atoms with Gasteiger partial charge in [0.1, 0.15) is 0 Å². The minimum Gasteiger partial charge on any atom is -0.354 e. The minimum absolute atomic E-state index is 0.0592. The van der Waals surface area contributed by atoms with Gasteiger partial charge >= 0.3 is 0 Å². The van der Waals surface area contributed by atoms with E-state index >= 15 is 0 Å². The normalized spacial score (nSPS) is 26.5. The van der Waals surface area contributed by atoms with Gasteiger partial charge in [-0.3, -0.25) is 24.2 Å². The van der Waals surface area contributed by atoms with Crippen molar-refractivity contribution in [2.45, 2.75) is 51.0 Å². The second-order valence-corrected chi connectivity index (χ2v) is 9.13. The summed E-state index contributed by atoms with van der Waals surface area (Å²) in [6, 6.07) is 4.39. The molecule has 152 valence electrons. The number of hydrogen-bond acceptors (Lipinski definition) is 5. The molecular formula is C21H29N3O3S. The zero-order valence-electron chi connectivity index (χ0n) is 16.3. The first-order chi connectivity index (χ1) is 13.6. The minimum atomic E-state index is -0.136. The van der Waals surface area contributed by atoms with Crippen molar-refractivity contribution < 1.29 is 14.4 Å². The maximum absolute atomic E-state index is 12.5. The van der Waals surface area contributed by atoms with Crippen molar-refractivity contribution in [2.75, 3.05) is 26.2 Å². The predicted molar refractivity (Wildman–Crippen MR) is 108 cm³/mol. The third-order valence-corrected chi connectivity index (χ3v) is 7.41. The number of thiophene rings is 1.